The number of benzene rings is 2. The van der Waals surface area contributed by atoms with Gasteiger partial charge in [0.15, 0.2) is 6.10 Å². The van der Waals surface area contributed by atoms with Gasteiger partial charge in [-0.3, -0.25) is 4.79 Å². The number of anilines is 1. The number of rotatable bonds is 8. The molecule has 140 valence electrons. The Hall–Kier alpha value is -3.28. The van der Waals surface area contributed by atoms with Crippen molar-refractivity contribution in [3.05, 3.63) is 72.4 Å². The van der Waals surface area contributed by atoms with Gasteiger partial charge in [-0.05, 0) is 44.0 Å². The zero-order valence-corrected chi connectivity index (χ0v) is 15.3. The number of aromatic nitrogens is 2. The Labute approximate surface area is 159 Å². The summed E-state index contributed by atoms with van der Waals surface area (Å²) in [6, 6.07) is 21.0. The van der Waals surface area contributed by atoms with Crippen molar-refractivity contribution in [1.82, 2.24) is 15.1 Å². The third kappa shape index (κ3) is 5.10. The molecule has 0 saturated heterocycles. The van der Waals surface area contributed by atoms with Crippen molar-refractivity contribution < 1.29 is 9.53 Å². The highest BCUT2D eigenvalue weighted by molar-refractivity contribution is 5.80. The van der Waals surface area contributed by atoms with Crippen LogP contribution in [0.15, 0.2) is 66.7 Å². The molecule has 3 N–H and O–H groups in total. The SMILES string of the molecule is C[C@H](Oc1ccccc1)C(=O)NCCCc1cc(N)n(-c2ccccc2)n1. The first kappa shape index (κ1) is 18.5. The molecule has 0 bridgehead atoms. The number of ether oxygens (including phenoxy) is 1. The van der Waals surface area contributed by atoms with Gasteiger partial charge in [0.05, 0.1) is 11.4 Å². The van der Waals surface area contributed by atoms with Gasteiger partial charge in [0, 0.05) is 12.6 Å². The normalized spacial score (nSPS) is 11.7. The third-order valence-electron chi connectivity index (χ3n) is 4.12. The molecule has 1 heterocycles. The van der Waals surface area contributed by atoms with Crippen LogP contribution >= 0.6 is 0 Å². The molecule has 0 aliphatic heterocycles. The Morgan fingerprint density at radius 3 is 2.52 bits per heavy atom. The molecule has 0 aliphatic carbocycles. The van der Waals surface area contributed by atoms with Gasteiger partial charge >= 0.3 is 0 Å². The minimum atomic E-state index is -0.541. The molecule has 2 aromatic carbocycles. The molecule has 3 rings (SSSR count). The summed E-state index contributed by atoms with van der Waals surface area (Å²) in [5.74, 6) is 1.15. The van der Waals surface area contributed by atoms with Crippen LogP contribution in [-0.4, -0.2) is 28.3 Å². The number of carbonyl (C=O) groups excluding carboxylic acids is 1. The van der Waals surface area contributed by atoms with E-state index in [0.29, 0.717) is 18.1 Å². The average molecular weight is 364 g/mol. The highest BCUT2D eigenvalue weighted by Gasteiger charge is 2.14. The van der Waals surface area contributed by atoms with Crippen molar-refractivity contribution in [2.75, 3.05) is 12.3 Å². The van der Waals surface area contributed by atoms with Crippen LogP contribution in [-0.2, 0) is 11.2 Å². The van der Waals surface area contributed by atoms with E-state index in [1.807, 2.05) is 66.7 Å². The molecule has 1 amide bonds. The molecule has 6 nitrogen and oxygen atoms in total. The van der Waals surface area contributed by atoms with Crippen molar-refractivity contribution in [2.45, 2.75) is 25.9 Å². The molecule has 0 saturated carbocycles. The van der Waals surface area contributed by atoms with Gasteiger partial charge in [-0.2, -0.15) is 5.10 Å². The minimum Gasteiger partial charge on any atom is -0.481 e. The Balaban J connectivity index is 1.44. The van der Waals surface area contributed by atoms with Gasteiger partial charge in [-0.1, -0.05) is 36.4 Å². The summed E-state index contributed by atoms with van der Waals surface area (Å²) in [7, 11) is 0. The van der Waals surface area contributed by atoms with E-state index in [9.17, 15) is 4.79 Å². The van der Waals surface area contributed by atoms with Gasteiger partial charge in [-0.25, -0.2) is 4.68 Å². The third-order valence-corrected chi connectivity index (χ3v) is 4.12. The highest BCUT2D eigenvalue weighted by atomic mass is 16.5. The van der Waals surface area contributed by atoms with Crippen molar-refractivity contribution in [2.24, 2.45) is 0 Å². The maximum Gasteiger partial charge on any atom is 0.260 e. The first-order valence-electron chi connectivity index (χ1n) is 9.03. The summed E-state index contributed by atoms with van der Waals surface area (Å²) >= 11 is 0. The fraction of sp³-hybridized carbons (Fsp3) is 0.238. The average Bonchev–Trinajstić information content (AvgIpc) is 3.07. The molecule has 0 spiro atoms. The van der Waals surface area contributed by atoms with Gasteiger partial charge in [0.25, 0.3) is 5.91 Å². The second-order valence-corrected chi connectivity index (χ2v) is 6.28. The van der Waals surface area contributed by atoms with Crippen molar-refractivity contribution in [3.8, 4) is 11.4 Å². The number of aryl methyl sites for hydroxylation is 1. The summed E-state index contributed by atoms with van der Waals surface area (Å²) in [6.07, 6.45) is 0.966. The molecule has 0 radical (unpaired) electrons. The van der Waals surface area contributed by atoms with E-state index in [0.717, 1.165) is 24.2 Å². The lowest BCUT2D eigenvalue weighted by molar-refractivity contribution is -0.127. The molecule has 3 aromatic rings. The van der Waals surface area contributed by atoms with Crippen molar-refractivity contribution >= 4 is 11.7 Å². The molecule has 6 heteroatoms. The van der Waals surface area contributed by atoms with Crippen LogP contribution in [0.1, 0.15) is 19.0 Å². The summed E-state index contributed by atoms with van der Waals surface area (Å²) in [5, 5.41) is 7.44. The van der Waals surface area contributed by atoms with Gasteiger partial charge < -0.3 is 15.8 Å². The zero-order valence-electron chi connectivity index (χ0n) is 15.3. The standard InChI is InChI=1S/C21H24N4O2/c1-16(27-19-12-6-3-7-13-19)21(26)23-14-8-9-17-15-20(22)25(24-17)18-10-4-2-5-11-18/h2-7,10-13,15-16H,8-9,14,22H2,1H3,(H,23,26)/t16-/m0/s1. The maximum absolute atomic E-state index is 12.1. The lowest BCUT2D eigenvalue weighted by Crippen LogP contribution is -2.36. The van der Waals surface area contributed by atoms with Crippen LogP contribution < -0.4 is 15.8 Å². The van der Waals surface area contributed by atoms with Crippen LogP contribution in [0.4, 0.5) is 5.82 Å². The lowest BCUT2D eigenvalue weighted by atomic mass is 10.2. The summed E-state index contributed by atoms with van der Waals surface area (Å²) in [6.45, 7) is 2.30. The molecule has 1 atom stereocenters. The number of carbonyl (C=O) groups is 1. The van der Waals surface area contributed by atoms with E-state index < -0.39 is 6.10 Å². The van der Waals surface area contributed by atoms with Gasteiger partial charge in [0.1, 0.15) is 11.6 Å². The molecule has 1 aromatic heterocycles. The summed E-state index contributed by atoms with van der Waals surface area (Å²) in [5.41, 5.74) is 7.89. The van der Waals surface area contributed by atoms with E-state index in [1.165, 1.54) is 0 Å². The van der Waals surface area contributed by atoms with Crippen molar-refractivity contribution in [3.63, 3.8) is 0 Å². The minimum absolute atomic E-state index is 0.131. The van der Waals surface area contributed by atoms with Gasteiger partial charge in [-0.15, -0.1) is 0 Å². The number of nitrogen functional groups attached to an aromatic ring is 1. The first-order valence-corrected chi connectivity index (χ1v) is 9.03. The first-order chi connectivity index (χ1) is 13.1. The number of para-hydroxylation sites is 2. The van der Waals surface area contributed by atoms with E-state index in [2.05, 4.69) is 10.4 Å². The van der Waals surface area contributed by atoms with E-state index in [-0.39, 0.29) is 5.91 Å². The molecule has 0 aliphatic rings. The van der Waals surface area contributed by atoms with Crippen LogP contribution in [0.25, 0.3) is 5.69 Å². The number of nitrogens with two attached hydrogens (primary N) is 1. The van der Waals surface area contributed by atoms with E-state index >= 15 is 0 Å². The second-order valence-electron chi connectivity index (χ2n) is 6.28. The summed E-state index contributed by atoms with van der Waals surface area (Å²) in [4.78, 5) is 12.1. The zero-order chi connectivity index (χ0) is 19.1. The van der Waals surface area contributed by atoms with Crippen LogP contribution in [0.3, 0.4) is 0 Å². The number of amides is 1. The molecule has 0 fully saturated rings. The molecule has 0 unspecified atom stereocenters. The predicted molar refractivity (Wildman–Crippen MR) is 106 cm³/mol. The topological polar surface area (TPSA) is 82.2 Å². The molecular formula is C21H24N4O2. The van der Waals surface area contributed by atoms with Crippen LogP contribution in [0.2, 0.25) is 0 Å². The quantitative estimate of drug-likeness (QED) is 0.602. The smallest absolute Gasteiger partial charge is 0.260 e. The van der Waals surface area contributed by atoms with E-state index in [4.69, 9.17) is 10.5 Å². The Morgan fingerprint density at radius 1 is 1.15 bits per heavy atom. The number of nitrogens with zero attached hydrogens (tertiary/aromatic N) is 2. The van der Waals surface area contributed by atoms with Gasteiger partial charge in [0.2, 0.25) is 0 Å². The Kier molecular flexibility index (Phi) is 6.10. The predicted octanol–water partition coefficient (Wildman–Crippen LogP) is 2.97. The molecular weight excluding hydrogens is 340 g/mol. The monoisotopic (exact) mass is 364 g/mol. The van der Waals surface area contributed by atoms with E-state index in [1.54, 1.807) is 11.6 Å². The number of nitrogens with one attached hydrogen (secondary N) is 1. The largest absolute Gasteiger partial charge is 0.481 e. The second kappa shape index (κ2) is 8.89. The highest BCUT2D eigenvalue weighted by Crippen LogP contribution is 2.15. The Bertz CT molecular complexity index is 862. The fourth-order valence-electron chi connectivity index (χ4n) is 2.73. The fourth-order valence-corrected chi connectivity index (χ4v) is 2.73. The van der Waals surface area contributed by atoms with Crippen LogP contribution in [0.5, 0.6) is 5.75 Å². The Morgan fingerprint density at radius 2 is 1.81 bits per heavy atom. The van der Waals surface area contributed by atoms with Crippen molar-refractivity contribution in [1.29, 1.82) is 0 Å². The summed E-state index contributed by atoms with van der Waals surface area (Å²) < 4.78 is 7.34. The van der Waals surface area contributed by atoms with Crippen LogP contribution in [0, 0.1) is 0 Å². The lowest BCUT2D eigenvalue weighted by Gasteiger charge is -2.14. The maximum atomic E-state index is 12.1. The number of hydrogen-bond donors (Lipinski definition) is 2. The number of hydrogen-bond acceptors (Lipinski definition) is 4. The molecule has 27 heavy (non-hydrogen) atoms.